The van der Waals surface area contributed by atoms with Crippen molar-refractivity contribution in [3.63, 3.8) is 0 Å². The Labute approximate surface area is 189 Å². The van der Waals surface area contributed by atoms with Gasteiger partial charge in [0.15, 0.2) is 0 Å². The van der Waals surface area contributed by atoms with Crippen LogP contribution in [-0.4, -0.2) is 44.1 Å². The Balaban J connectivity index is 2.00. The van der Waals surface area contributed by atoms with Crippen LogP contribution in [0, 0.1) is 5.92 Å². The van der Waals surface area contributed by atoms with E-state index in [4.69, 9.17) is 14.2 Å². The molecule has 0 saturated heterocycles. The number of rotatable bonds is 10. The molecule has 2 aromatic rings. The summed E-state index contributed by atoms with van der Waals surface area (Å²) in [6, 6.07) is 12.5. The number of carbonyl (C=O) groups excluding carboxylic acids is 2. The summed E-state index contributed by atoms with van der Waals surface area (Å²) in [6.45, 7) is 7.04. The van der Waals surface area contributed by atoms with Crippen molar-refractivity contribution < 1.29 is 23.8 Å². The summed E-state index contributed by atoms with van der Waals surface area (Å²) in [5, 5.41) is 3.14. The fourth-order valence-corrected chi connectivity index (χ4v) is 3.39. The molecule has 0 saturated carbocycles. The maximum Gasteiger partial charge on any atom is 0.278 e. The van der Waals surface area contributed by atoms with Crippen LogP contribution in [0.3, 0.4) is 0 Å². The standard InChI is InChI=1S/C25H30N2O5/c1-6-11-27-24(28)22(17-7-9-19(10-8-17)32-15-16(2)3)23(25(27)29)26-18-12-20(30-4)14-21(13-18)31-5/h7-10,12-14,16,26H,6,11,15H2,1-5H3. The molecule has 0 spiro atoms. The smallest absolute Gasteiger partial charge is 0.278 e. The Morgan fingerprint density at radius 3 is 2.06 bits per heavy atom. The quantitative estimate of drug-likeness (QED) is 0.556. The van der Waals surface area contributed by atoms with Gasteiger partial charge in [-0.1, -0.05) is 32.9 Å². The van der Waals surface area contributed by atoms with Gasteiger partial charge >= 0.3 is 0 Å². The van der Waals surface area contributed by atoms with E-state index in [0.29, 0.717) is 53.8 Å². The first-order valence-electron chi connectivity index (χ1n) is 10.7. The van der Waals surface area contributed by atoms with Gasteiger partial charge in [0.25, 0.3) is 11.8 Å². The van der Waals surface area contributed by atoms with E-state index in [2.05, 4.69) is 19.2 Å². The monoisotopic (exact) mass is 438 g/mol. The molecule has 170 valence electrons. The lowest BCUT2D eigenvalue weighted by Crippen LogP contribution is -2.33. The zero-order chi connectivity index (χ0) is 23.3. The van der Waals surface area contributed by atoms with E-state index in [9.17, 15) is 9.59 Å². The van der Waals surface area contributed by atoms with Crippen molar-refractivity contribution in [2.24, 2.45) is 5.92 Å². The first-order valence-corrected chi connectivity index (χ1v) is 10.7. The number of hydrogen-bond acceptors (Lipinski definition) is 6. The van der Waals surface area contributed by atoms with Crippen molar-refractivity contribution in [1.29, 1.82) is 0 Å². The van der Waals surface area contributed by atoms with Gasteiger partial charge in [-0.2, -0.15) is 0 Å². The van der Waals surface area contributed by atoms with Crippen LogP contribution in [0.1, 0.15) is 32.8 Å². The molecule has 3 rings (SSSR count). The summed E-state index contributed by atoms with van der Waals surface area (Å²) < 4.78 is 16.4. The number of anilines is 1. The number of nitrogens with zero attached hydrogens (tertiary/aromatic N) is 1. The van der Waals surface area contributed by atoms with E-state index >= 15 is 0 Å². The molecule has 0 bridgehead atoms. The minimum atomic E-state index is -0.353. The number of nitrogens with one attached hydrogen (secondary N) is 1. The van der Waals surface area contributed by atoms with Gasteiger partial charge in [-0.3, -0.25) is 14.5 Å². The maximum absolute atomic E-state index is 13.2. The third-order valence-corrected chi connectivity index (χ3v) is 4.96. The van der Waals surface area contributed by atoms with Gasteiger partial charge in [-0.05, 0) is 30.0 Å². The van der Waals surface area contributed by atoms with Gasteiger partial charge in [-0.15, -0.1) is 0 Å². The summed E-state index contributed by atoms with van der Waals surface area (Å²) in [4.78, 5) is 27.6. The van der Waals surface area contributed by atoms with Crippen LogP contribution in [-0.2, 0) is 9.59 Å². The molecule has 0 fully saturated rings. The Kier molecular flexibility index (Phi) is 7.41. The fraction of sp³-hybridized carbons (Fsp3) is 0.360. The zero-order valence-electron chi connectivity index (χ0n) is 19.2. The lowest BCUT2D eigenvalue weighted by Gasteiger charge is -2.14. The number of carbonyl (C=O) groups is 2. The predicted molar refractivity (Wildman–Crippen MR) is 124 cm³/mol. The zero-order valence-corrected chi connectivity index (χ0v) is 19.2. The Hall–Kier alpha value is -3.48. The topological polar surface area (TPSA) is 77.1 Å². The average Bonchev–Trinajstić information content (AvgIpc) is 3.02. The van der Waals surface area contributed by atoms with Gasteiger partial charge in [0.05, 0.1) is 26.4 Å². The van der Waals surface area contributed by atoms with Gasteiger partial charge in [0.2, 0.25) is 0 Å². The van der Waals surface area contributed by atoms with Gasteiger partial charge < -0.3 is 19.5 Å². The molecule has 0 unspecified atom stereocenters. The third-order valence-electron chi connectivity index (χ3n) is 4.96. The van der Waals surface area contributed by atoms with Crippen molar-refractivity contribution in [3.05, 3.63) is 53.7 Å². The second-order valence-electron chi connectivity index (χ2n) is 7.97. The van der Waals surface area contributed by atoms with Gasteiger partial charge in [0, 0.05) is 30.4 Å². The van der Waals surface area contributed by atoms with Gasteiger partial charge in [-0.25, -0.2) is 0 Å². The molecular weight excluding hydrogens is 408 g/mol. The Bertz CT molecular complexity index is 989. The highest BCUT2D eigenvalue weighted by Gasteiger charge is 2.38. The van der Waals surface area contributed by atoms with Crippen LogP contribution < -0.4 is 19.5 Å². The molecule has 7 nitrogen and oxygen atoms in total. The normalized spacial score (nSPS) is 13.8. The molecule has 0 atom stereocenters. The molecule has 0 radical (unpaired) electrons. The minimum Gasteiger partial charge on any atom is -0.497 e. The van der Waals surface area contributed by atoms with E-state index in [-0.39, 0.29) is 17.5 Å². The van der Waals surface area contributed by atoms with Crippen molar-refractivity contribution >= 4 is 23.1 Å². The first kappa shape index (κ1) is 23.2. The second kappa shape index (κ2) is 10.2. The highest BCUT2D eigenvalue weighted by molar-refractivity contribution is 6.36. The summed E-state index contributed by atoms with van der Waals surface area (Å²) in [5.74, 6) is 1.60. The summed E-state index contributed by atoms with van der Waals surface area (Å²) in [6.07, 6.45) is 0.674. The second-order valence-corrected chi connectivity index (χ2v) is 7.97. The van der Waals surface area contributed by atoms with Crippen LogP contribution in [0.25, 0.3) is 5.57 Å². The molecule has 1 aliphatic heterocycles. The van der Waals surface area contributed by atoms with Crippen molar-refractivity contribution in [2.45, 2.75) is 27.2 Å². The molecule has 1 N–H and O–H groups in total. The lowest BCUT2D eigenvalue weighted by molar-refractivity contribution is -0.136. The SMILES string of the molecule is CCCN1C(=O)C(Nc2cc(OC)cc(OC)c2)=C(c2ccc(OCC(C)C)cc2)C1=O. The number of imide groups is 1. The Morgan fingerprint density at radius 2 is 1.53 bits per heavy atom. The Morgan fingerprint density at radius 1 is 0.906 bits per heavy atom. The molecule has 0 aromatic heterocycles. The highest BCUT2D eigenvalue weighted by atomic mass is 16.5. The molecule has 2 amide bonds. The van der Waals surface area contributed by atoms with E-state index in [1.807, 2.05) is 19.1 Å². The van der Waals surface area contributed by atoms with Crippen LogP contribution >= 0.6 is 0 Å². The summed E-state index contributed by atoms with van der Waals surface area (Å²) >= 11 is 0. The van der Waals surface area contributed by atoms with Crippen molar-refractivity contribution in [1.82, 2.24) is 4.90 Å². The highest BCUT2D eigenvalue weighted by Crippen LogP contribution is 2.33. The van der Waals surface area contributed by atoms with Crippen LogP contribution in [0.15, 0.2) is 48.2 Å². The number of amides is 2. The molecular formula is C25H30N2O5. The number of hydrogen-bond donors (Lipinski definition) is 1. The summed E-state index contributed by atoms with van der Waals surface area (Å²) in [7, 11) is 3.11. The van der Waals surface area contributed by atoms with E-state index in [1.165, 1.54) is 4.90 Å². The predicted octanol–water partition coefficient (Wildman–Crippen LogP) is 4.34. The fourth-order valence-electron chi connectivity index (χ4n) is 3.39. The van der Waals surface area contributed by atoms with Crippen molar-refractivity contribution in [2.75, 3.05) is 32.7 Å². The number of ether oxygens (including phenoxy) is 3. The van der Waals surface area contributed by atoms with Crippen LogP contribution in [0.2, 0.25) is 0 Å². The van der Waals surface area contributed by atoms with E-state index in [1.54, 1.807) is 44.6 Å². The first-order chi connectivity index (χ1) is 15.4. The molecule has 32 heavy (non-hydrogen) atoms. The average molecular weight is 439 g/mol. The van der Waals surface area contributed by atoms with Crippen LogP contribution in [0.5, 0.6) is 17.2 Å². The third kappa shape index (κ3) is 5.04. The molecule has 0 aliphatic carbocycles. The van der Waals surface area contributed by atoms with E-state index < -0.39 is 0 Å². The molecule has 1 aliphatic rings. The van der Waals surface area contributed by atoms with Gasteiger partial charge in [0.1, 0.15) is 22.9 Å². The van der Waals surface area contributed by atoms with Crippen molar-refractivity contribution in [3.8, 4) is 17.2 Å². The lowest BCUT2D eigenvalue weighted by atomic mass is 10.0. The maximum atomic E-state index is 13.2. The molecule has 2 aromatic carbocycles. The minimum absolute atomic E-state index is 0.231. The van der Waals surface area contributed by atoms with E-state index in [0.717, 1.165) is 5.75 Å². The number of methoxy groups -OCH3 is 2. The largest absolute Gasteiger partial charge is 0.497 e. The molecule has 1 heterocycles. The number of benzene rings is 2. The molecule has 7 heteroatoms. The van der Waals surface area contributed by atoms with Crippen LogP contribution in [0.4, 0.5) is 5.69 Å². The summed E-state index contributed by atoms with van der Waals surface area (Å²) in [5.41, 5.74) is 1.80.